The van der Waals surface area contributed by atoms with E-state index in [-0.39, 0.29) is 43.7 Å². The fourth-order valence-corrected chi connectivity index (χ4v) is 1.94. The Hall–Kier alpha value is 0.120. The molecule has 0 aliphatic rings. The van der Waals surface area contributed by atoms with Gasteiger partial charge in [-0.3, -0.25) is 0 Å². The van der Waals surface area contributed by atoms with Crippen molar-refractivity contribution in [1.82, 2.24) is 0 Å². The molecule has 0 rings (SSSR count). The van der Waals surface area contributed by atoms with E-state index in [2.05, 4.69) is 0 Å². The first-order valence-electron chi connectivity index (χ1n) is 7.40. The van der Waals surface area contributed by atoms with E-state index in [1.165, 1.54) is 0 Å². The molecule has 0 saturated heterocycles. The van der Waals surface area contributed by atoms with E-state index >= 15 is 0 Å². The second-order valence-electron chi connectivity index (χ2n) is 6.26. The minimum Gasteiger partial charge on any atom is -0.848 e. The van der Waals surface area contributed by atoms with Crippen LogP contribution in [0.25, 0.3) is 0 Å². The van der Waals surface area contributed by atoms with Gasteiger partial charge >= 0.3 is 37.7 Å². The summed E-state index contributed by atoms with van der Waals surface area (Å²) in [4.78, 5) is 20.3. The number of carboxylic acids is 2. The van der Waals surface area contributed by atoms with Gasteiger partial charge < -0.3 is 29.4 Å². The summed E-state index contributed by atoms with van der Waals surface area (Å²) in [6.07, 6.45) is 1.93. The van der Waals surface area contributed by atoms with Crippen molar-refractivity contribution in [1.29, 1.82) is 0 Å². The molecule has 0 N–H and O–H groups in total. The Morgan fingerprint density at radius 1 is 1.00 bits per heavy atom. The van der Waals surface area contributed by atoms with Gasteiger partial charge in [0.05, 0.1) is 27.7 Å². The molecule has 0 aromatic heterocycles. The van der Waals surface area contributed by atoms with Crippen LogP contribution in [0.15, 0.2) is 0 Å². The summed E-state index contributed by atoms with van der Waals surface area (Å²) in [6, 6.07) is 0. The third-order valence-corrected chi connectivity index (χ3v) is 2.75. The second-order valence-corrected chi connectivity index (χ2v) is 6.26. The van der Waals surface area contributed by atoms with Gasteiger partial charge in [0, 0.05) is 11.9 Å². The quantitative estimate of drug-likeness (QED) is 0.360. The monoisotopic (exact) mass is 343 g/mol. The van der Waals surface area contributed by atoms with Crippen molar-refractivity contribution in [2.24, 2.45) is 5.92 Å². The fraction of sp³-hybridized carbons (Fsp3) is 0.867. The van der Waals surface area contributed by atoms with Crippen molar-refractivity contribution in [3.63, 3.8) is 0 Å². The van der Waals surface area contributed by atoms with Gasteiger partial charge in [-0.1, -0.05) is 32.8 Å². The molecule has 1 atom stereocenters. The molecule has 0 radical (unpaired) electrons. The maximum atomic E-state index is 10.9. The molecular formula is C15H29CaNO5. The predicted molar refractivity (Wildman–Crippen MR) is 80.4 cm³/mol. The first-order valence-corrected chi connectivity index (χ1v) is 7.40. The number of nitrogens with zero attached hydrogens (tertiary/aromatic N) is 1. The van der Waals surface area contributed by atoms with Crippen LogP contribution in [0.2, 0.25) is 0 Å². The topological polar surface area (TPSA) is 103 Å². The molecule has 22 heavy (non-hydrogen) atoms. The summed E-state index contributed by atoms with van der Waals surface area (Å²) in [6.45, 7) is 4.30. The molecule has 0 spiro atoms. The Kier molecular flexibility index (Phi) is 18.0. The van der Waals surface area contributed by atoms with Crippen molar-refractivity contribution in [3.8, 4) is 0 Å². The van der Waals surface area contributed by atoms with Gasteiger partial charge in [-0.15, -0.1) is 0 Å². The zero-order chi connectivity index (χ0) is 17.1. The van der Waals surface area contributed by atoms with Crippen LogP contribution in [0.4, 0.5) is 0 Å². The molecule has 0 aromatic rings. The van der Waals surface area contributed by atoms with Crippen molar-refractivity contribution >= 4 is 49.7 Å². The van der Waals surface area contributed by atoms with Crippen LogP contribution in [0, 0.1) is 5.92 Å². The second kappa shape index (κ2) is 14.7. The third kappa shape index (κ3) is 20.1. The molecule has 0 aromatic carbocycles. The smallest absolute Gasteiger partial charge is 0.848 e. The van der Waals surface area contributed by atoms with Gasteiger partial charge in [0.2, 0.25) is 0 Å². The summed E-state index contributed by atoms with van der Waals surface area (Å²) >= 11 is 0. The van der Waals surface area contributed by atoms with Gasteiger partial charge in [0.1, 0.15) is 0 Å². The Bertz CT molecular complexity index is 299. The van der Waals surface area contributed by atoms with E-state index < -0.39 is 24.5 Å². The summed E-state index contributed by atoms with van der Waals surface area (Å²) in [5.74, 6) is -2.36. The van der Waals surface area contributed by atoms with Crippen LogP contribution >= 0.6 is 0 Å². The minimum atomic E-state index is -1.27. The van der Waals surface area contributed by atoms with E-state index in [9.17, 15) is 24.9 Å². The number of carboxylic acid groups (broad SMARTS) is 2. The molecule has 0 unspecified atom stereocenters. The maximum Gasteiger partial charge on any atom is 2.00 e. The maximum absolute atomic E-state index is 10.9. The zero-order valence-corrected chi connectivity index (χ0v) is 16.8. The van der Waals surface area contributed by atoms with Crippen LogP contribution in [0.1, 0.15) is 46.0 Å². The average molecular weight is 343 g/mol. The van der Waals surface area contributed by atoms with Crippen LogP contribution in [0.5, 0.6) is 0 Å². The Balaban J connectivity index is -0.000000315. The molecule has 0 amide bonds. The van der Waals surface area contributed by atoms with E-state index in [0.717, 1.165) is 25.7 Å². The number of quaternary nitrogens is 1. The zero-order valence-electron chi connectivity index (χ0n) is 14.6. The molecule has 0 heterocycles. The molecule has 0 bridgehead atoms. The van der Waals surface area contributed by atoms with Crippen molar-refractivity contribution in [2.75, 3.05) is 27.7 Å². The molecule has 7 heteroatoms. The van der Waals surface area contributed by atoms with Crippen molar-refractivity contribution < 1.29 is 29.4 Å². The average Bonchev–Trinajstić information content (AvgIpc) is 2.25. The van der Waals surface area contributed by atoms with E-state index in [0.29, 0.717) is 11.0 Å². The molecular weight excluding hydrogens is 314 g/mol. The Labute approximate surface area is 164 Å². The van der Waals surface area contributed by atoms with Gasteiger partial charge in [-0.05, 0) is 25.2 Å². The van der Waals surface area contributed by atoms with E-state index in [4.69, 9.17) is 0 Å². The summed E-state index contributed by atoms with van der Waals surface area (Å²) in [7, 11) is 5.54. The van der Waals surface area contributed by atoms with Gasteiger partial charge in [-0.2, -0.15) is 0 Å². The number of hydrogen-bond acceptors (Lipinski definition) is 5. The number of carbonyl (C=O) groups is 2. The third-order valence-electron chi connectivity index (χ3n) is 2.75. The van der Waals surface area contributed by atoms with E-state index in [1.54, 1.807) is 0 Å². The Morgan fingerprint density at radius 2 is 1.41 bits per heavy atom. The minimum absolute atomic E-state index is 0. The number of likely N-dealkylation sites (N-methyl/N-ethyl adjacent to an activating group) is 1. The normalized spacial score (nSPS) is 12.0. The molecule has 0 saturated carbocycles. The predicted octanol–water partition coefficient (Wildman–Crippen LogP) is -1.87. The first-order chi connectivity index (χ1) is 9.53. The number of aliphatic carboxylic acids is 2. The van der Waals surface area contributed by atoms with Crippen LogP contribution in [-0.4, -0.2) is 88.0 Å². The molecule has 0 aliphatic heterocycles. The fourth-order valence-electron chi connectivity index (χ4n) is 1.94. The van der Waals surface area contributed by atoms with Crippen LogP contribution in [-0.2, 0) is 9.59 Å². The molecule has 126 valence electrons. The van der Waals surface area contributed by atoms with Crippen LogP contribution in [0.3, 0.4) is 0 Å². The number of hydrogen-bond donors (Lipinski definition) is 0. The molecule has 6 nitrogen and oxygen atoms in total. The van der Waals surface area contributed by atoms with Gasteiger partial charge in [0.25, 0.3) is 0 Å². The molecule has 0 fully saturated rings. The summed E-state index contributed by atoms with van der Waals surface area (Å²) in [5.41, 5.74) is 0. The van der Waals surface area contributed by atoms with Crippen molar-refractivity contribution in [2.45, 2.75) is 52.1 Å². The van der Waals surface area contributed by atoms with E-state index in [1.807, 2.05) is 35.0 Å². The van der Waals surface area contributed by atoms with Crippen LogP contribution < -0.4 is 15.3 Å². The van der Waals surface area contributed by atoms with Gasteiger partial charge in [-0.25, -0.2) is 0 Å². The molecule has 0 aliphatic carbocycles. The summed E-state index contributed by atoms with van der Waals surface area (Å²) < 4.78 is 0.488. The van der Waals surface area contributed by atoms with Gasteiger partial charge in [0.15, 0.2) is 0 Å². The van der Waals surface area contributed by atoms with Crippen molar-refractivity contribution in [3.05, 3.63) is 0 Å². The Morgan fingerprint density at radius 3 is 1.64 bits per heavy atom. The number of carbonyl (C=O) groups excluding carboxylic acids is 2. The standard InChI is InChI=1S/C8H16O2.C7H15NO3.Ca/c1-3-5-7(6-4-2)8(9)10;1-8(2,3)5-6(9)4-7(10)11;/h7H,3-6H2,1-2H3,(H,9,10);6H,4-5H2,1-3H3,(H,10,11);/q;;+2/p-2/t;6-;/m.1./s1. The first kappa shape index (κ1) is 27.0. The number of rotatable bonds is 9. The SMILES string of the molecule is CCCC(CCC)C(=O)[O-].C[N+](C)(C)C[C@H]([O-])CC(=O)[O-].[Ca+2]. The largest absolute Gasteiger partial charge is 2.00 e. The summed E-state index contributed by atoms with van der Waals surface area (Å²) in [5, 5.41) is 31.3.